The number of amides is 2. The average Bonchev–Trinajstić information content (AvgIpc) is 2.22. The lowest BCUT2D eigenvalue weighted by atomic mass is 10.0. The third-order valence-electron chi connectivity index (χ3n) is 2.34. The predicted octanol–water partition coefficient (Wildman–Crippen LogP) is 0.556. The van der Waals surface area contributed by atoms with Crippen LogP contribution in [0.5, 0.6) is 0 Å². The second-order valence-electron chi connectivity index (χ2n) is 4.56. The number of carboxylic acids is 1. The molecule has 0 saturated carbocycles. The summed E-state index contributed by atoms with van der Waals surface area (Å²) in [5.41, 5.74) is 0. The van der Waals surface area contributed by atoms with Crippen molar-refractivity contribution in [2.45, 2.75) is 45.7 Å². The van der Waals surface area contributed by atoms with Gasteiger partial charge in [0.2, 0.25) is 0 Å². The Labute approximate surface area is 101 Å². The molecule has 17 heavy (non-hydrogen) atoms. The summed E-state index contributed by atoms with van der Waals surface area (Å²) in [5.74, 6) is -0.691. The normalized spacial score (nSPS) is 14.2. The van der Waals surface area contributed by atoms with Gasteiger partial charge in [0.15, 0.2) is 6.04 Å². The number of aliphatic carboxylic acids is 1. The van der Waals surface area contributed by atoms with Crippen molar-refractivity contribution in [2.75, 3.05) is 6.61 Å². The van der Waals surface area contributed by atoms with E-state index in [0.717, 1.165) is 12.8 Å². The van der Waals surface area contributed by atoms with E-state index in [2.05, 4.69) is 24.5 Å². The molecule has 0 aromatic heterocycles. The minimum Gasteiger partial charge on any atom is -0.480 e. The van der Waals surface area contributed by atoms with Gasteiger partial charge in [0, 0.05) is 6.04 Å². The molecule has 1 unspecified atom stereocenters. The Morgan fingerprint density at radius 3 is 2.12 bits per heavy atom. The maximum atomic E-state index is 11.4. The molecule has 0 aliphatic carbocycles. The molecule has 0 aromatic carbocycles. The van der Waals surface area contributed by atoms with Crippen LogP contribution in [0.1, 0.15) is 33.6 Å². The number of rotatable bonds is 7. The van der Waals surface area contributed by atoms with Crippen LogP contribution in [0.2, 0.25) is 0 Å². The van der Waals surface area contributed by atoms with Crippen molar-refractivity contribution in [1.82, 2.24) is 10.6 Å². The second-order valence-corrected chi connectivity index (χ2v) is 4.56. The third kappa shape index (κ3) is 7.57. The summed E-state index contributed by atoms with van der Waals surface area (Å²) in [6.07, 6.45) is 1.83. The molecule has 0 heterocycles. The van der Waals surface area contributed by atoms with E-state index in [0.29, 0.717) is 5.92 Å². The molecule has 0 aliphatic rings. The molecule has 0 aliphatic heterocycles. The maximum Gasteiger partial charge on any atom is 0.328 e. The highest BCUT2D eigenvalue weighted by Crippen LogP contribution is 2.06. The van der Waals surface area contributed by atoms with Crippen LogP contribution in [0.4, 0.5) is 4.79 Å². The molecular formula is C11H22N2O4. The molecule has 0 bridgehead atoms. The van der Waals surface area contributed by atoms with Gasteiger partial charge in [0.25, 0.3) is 0 Å². The summed E-state index contributed by atoms with van der Waals surface area (Å²) in [6, 6.07) is -1.85. The third-order valence-corrected chi connectivity index (χ3v) is 2.34. The smallest absolute Gasteiger partial charge is 0.328 e. The van der Waals surface area contributed by atoms with Crippen LogP contribution < -0.4 is 10.6 Å². The SMILES string of the molecule is CC(C)CCC(C)NC(=O)N[C@@H](CO)C(=O)O. The van der Waals surface area contributed by atoms with E-state index in [1.54, 1.807) is 0 Å². The van der Waals surface area contributed by atoms with Gasteiger partial charge in [-0.25, -0.2) is 9.59 Å². The van der Waals surface area contributed by atoms with Gasteiger partial charge in [-0.05, 0) is 25.7 Å². The Morgan fingerprint density at radius 2 is 1.71 bits per heavy atom. The van der Waals surface area contributed by atoms with E-state index in [1.165, 1.54) is 0 Å². The molecule has 0 aromatic rings. The van der Waals surface area contributed by atoms with Crippen LogP contribution in [0, 0.1) is 5.92 Å². The Balaban J connectivity index is 3.95. The molecule has 0 rings (SSSR count). The minimum atomic E-state index is -1.26. The zero-order chi connectivity index (χ0) is 13.4. The molecule has 0 fully saturated rings. The minimum absolute atomic E-state index is 0.0227. The summed E-state index contributed by atoms with van der Waals surface area (Å²) < 4.78 is 0. The Morgan fingerprint density at radius 1 is 1.12 bits per heavy atom. The van der Waals surface area contributed by atoms with Crippen LogP contribution in [-0.4, -0.2) is 40.9 Å². The molecule has 0 radical (unpaired) electrons. The van der Waals surface area contributed by atoms with E-state index >= 15 is 0 Å². The maximum absolute atomic E-state index is 11.4. The molecule has 0 spiro atoms. The summed E-state index contributed by atoms with van der Waals surface area (Å²) in [4.78, 5) is 21.9. The van der Waals surface area contributed by atoms with Crippen molar-refractivity contribution in [3.05, 3.63) is 0 Å². The zero-order valence-corrected chi connectivity index (χ0v) is 10.6. The van der Waals surface area contributed by atoms with E-state index in [1.807, 2.05) is 6.92 Å². The molecule has 6 nitrogen and oxygen atoms in total. The number of aliphatic hydroxyl groups excluding tert-OH is 1. The van der Waals surface area contributed by atoms with Gasteiger partial charge in [0.05, 0.1) is 6.61 Å². The number of aliphatic hydroxyl groups is 1. The topological polar surface area (TPSA) is 98.7 Å². The molecule has 0 saturated heterocycles. The van der Waals surface area contributed by atoms with Crippen molar-refractivity contribution >= 4 is 12.0 Å². The number of nitrogens with one attached hydrogen (secondary N) is 2. The first-order valence-electron chi connectivity index (χ1n) is 5.77. The lowest BCUT2D eigenvalue weighted by Crippen LogP contribution is -2.49. The summed E-state index contributed by atoms with van der Waals surface area (Å²) >= 11 is 0. The van der Waals surface area contributed by atoms with Crippen molar-refractivity contribution < 1.29 is 19.8 Å². The van der Waals surface area contributed by atoms with E-state index < -0.39 is 24.6 Å². The quantitative estimate of drug-likeness (QED) is 0.527. The van der Waals surface area contributed by atoms with Crippen molar-refractivity contribution in [1.29, 1.82) is 0 Å². The first-order chi connectivity index (χ1) is 7.86. The first kappa shape index (κ1) is 15.7. The summed E-state index contributed by atoms with van der Waals surface area (Å²) in [6.45, 7) is 5.43. The van der Waals surface area contributed by atoms with Gasteiger partial charge >= 0.3 is 12.0 Å². The van der Waals surface area contributed by atoms with Crippen LogP contribution in [-0.2, 0) is 4.79 Å². The lowest BCUT2D eigenvalue weighted by molar-refractivity contribution is -0.140. The number of carbonyl (C=O) groups excluding carboxylic acids is 1. The van der Waals surface area contributed by atoms with E-state index in [4.69, 9.17) is 10.2 Å². The average molecular weight is 246 g/mol. The van der Waals surface area contributed by atoms with Crippen LogP contribution in [0.15, 0.2) is 0 Å². The van der Waals surface area contributed by atoms with E-state index in [9.17, 15) is 9.59 Å². The monoisotopic (exact) mass is 246 g/mol. The largest absolute Gasteiger partial charge is 0.480 e. The van der Waals surface area contributed by atoms with Crippen molar-refractivity contribution in [2.24, 2.45) is 5.92 Å². The van der Waals surface area contributed by atoms with Gasteiger partial charge in [-0.1, -0.05) is 13.8 Å². The number of hydrogen-bond donors (Lipinski definition) is 4. The fourth-order valence-electron chi connectivity index (χ4n) is 1.26. The predicted molar refractivity (Wildman–Crippen MR) is 63.7 cm³/mol. The fraction of sp³-hybridized carbons (Fsp3) is 0.818. The lowest BCUT2D eigenvalue weighted by Gasteiger charge is -2.17. The molecule has 4 N–H and O–H groups in total. The van der Waals surface area contributed by atoms with Crippen molar-refractivity contribution in [3.8, 4) is 0 Å². The fourth-order valence-corrected chi connectivity index (χ4v) is 1.26. The Kier molecular flexibility index (Phi) is 7.29. The highest BCUT2D eigenvalue weighted by Gasteiger charge is 2.19. The Hall–Kier alpha value is -1.30. The number of hydrogen-bond acceptors (Lipinski definition) is 3. The zero-order valence-electron chi connectivity index (χ0n) is 10.6. The summed E-state index contributed by atoms with van der Waals surface area (Å²) in [7, 11) is 0. The first-order valence-corrected chi connectivity index (χ1v) is 5.77. The Bertz CT molecular complexity index is 256. The van der Waals surface area contributed by atoms with E-state index in [-0.39, 0.29) is 6.04 Å². The van der Waals surface area contributed by atoms with Crippen LogP contribution in [0.25, 0.3) is 0 Å². The molecule has 6 heteroatoms. The standard InChI is InChI=1S/C11H22N2O4/c1-7(2)4-5-8(3)12-11(17)13-9(6-14)10(15)16/h7-9,14H,4-6H2,1-3H3,(H,15,16)(H2,12,13,17)/t8?,9-/m0/s1. The van der Waals surface area contributed by atoms with Gasteiger partial charge in [-0.2, -0.15) is 0 Å². The molecule has 2 amide bonds. The molecule has 100 valence electrons. The molecule has 2 atom stereocenters. The number of carbonyl (C=O) groups is 2. The van der Waals surface area contributed by atoms with Gasteiger partial charge in [-0.15, -0.1) is 0 Å². The van der Waals surface area contributed by atoms with Gasteiger partial charge < -0.3 is 20.8 Å². The highest BCUT2D eigenvalue weighted by atomic mass is 16.4. The molecular weight excluding hydrogens is 224 g/mol. The number of carboxylic acid groups (broad SMARTS) is 1. The summed E-state index contributed by atoms with van der Waals surface area (Å²) in [5, 5.41) is 22.2. The van der Waals surface area contributed by atoms with Gasteiger partial charge in [0.1, 0.15) is 0 Å². The van der Waals surface area contributed by atoms with Gasteiger partial charge in [-0.3, -0.25) is 0 Å². The highest BCUT2D eigenvalue weighted by molar-refractivity contribution is 5.82. The van der Waals surface area contributed by atoms with Crippen molar-refractivity contribution in [3.63, 3.8) is 0 Å². The number of urea groups is 1. The second kappa shape index (κ2) is 7.89. The van der Waals surface area contributed by atoms with Crippen LogP contribution >= 0.6 is 0 Å². The van der Waals surface area contributed by atoms with Crippen LogP contribution in [0.3, 0.4) is 0 Å².